The van der Waals surface area contributed by atoms with Crippen molar-refractivity contribution in [2.45, 2.75) is 20.5 Å². The first-order valence-electron chi connectivity index (χ1n) is 9.23. The van der Waals surface area contributed by atoms with Gasteiger partial charge in [-0.3, -0.25) is 0 Å². The first kappa shape index (κ1) is 20.9. The van der Waals surface area contributed by atoms with Gasteiger partial charge in [-0.2, -0.15) is 5.26 Å². The van der Waals surface area contributed by atoms with Crippen LogP contribution in [0.3, 0.4) is 0 Å². The minimum atomic E-state index is -0.462. The zero-order valence-corrected chi connectivity index (χ0v) is 17.0. The van der Waals surface area contributed by atoms with Gasteiger partial charge < -0.3 is 14.4 Å². The van der Waals surface area contributed by atoms with Gasteiger partial charge in [0, 0.05) is 28.7 Å². The fraction of sp³-hybridized carbons (Fsp3) is 0.167. The number of aryl methyl sites for hydroxylation is 1. The zero-order valence-electron chi connectivity index (χ0n) is 17.0. The van der Waals surface area contributed by atoms with E-state index < -0.39 is 11.8 Å². The van der Waals surface area contributed by atoms with Crippen LogP contribution in [0.25, 0.3) is 0 Å². The fourth-order valence-electron chi connectivity index (χ4n) is 3.23. The first-order chi connectivity index (χ1) is 14.3. The van der Waals surface area contributed by atoms with Crippen molar-refractivity contribution in [2.75, 3.05) is 12.0 Å². The molecule has 2 aromatic carbocycles. The van der Waals surface area contributed by atoms with Crippen molar-refractivity contribution in [3.63, 3.8) is 0 Å². The monoisotopic (exact) mass is 404 g/mol. The Hall–Kier alpha value is -3.85. The number of methoxy groups -OCH3 is 1. The van der Waals surface area contributed by atoms with Gasteiger partial charge >= 0.3 is 5.97 Å². The minimum absolute atomic E-state index is 0.128. The number of ether oxygens (including phenoxy) is 2. The summed E-state index contributed by atoms with van der Waals surface area (Å²) in [5, 5.41) is 9.18. The molecule has 5 nitrogen and oxygen atoms in total. The zero-order chi connectivity index (χ0) is 21.8. The van der Waals surface area contributed by atoms with Gasteiger partial charge in [0.15, 0.2) is 0 Å². The summed E-state index contributed by atoms with van der Waals surface area (Å²) in [6, 6.07) is 11.3. The molecule has 0 spiro atoms. The lowest BCUT2D eigenvalue weighted by atomic mass is 10.1. The van der Waals surface area contributed by atoms with Crippen LogP contribution in [0.2, 0.25) is 0 Å². The molecule has 3 rings (SSSR count). The number of hydrogen-bond donors (Lipinski definition) is 0. The second-order valence-corrected chi connectivity index (χ2v) is 6.85. The SMILES string of the molecule is C=C1C=C(OCc2ccc(F)cc2C#N)C=C(C)N1c1cc(C(=O)OC)ccc1C. The van der Waals surface area contributed by atoms with Crippen molar-refractivity contribution < 1.29 is 18.7 Å². The largest absolute Gasteiger partial charge is 0.489 e. The molecule has 0 saturated heterocycles. The summed E-state index contributed by atoms with van der Waals surface area (Å²) in [5.41, 5.74) is 4.59. The van der Waals surface area contributed by atoms with E-state index in [2.05, 4.69) is 6.58 Å². The average Bonchev–Trinajstić information content (AvgIpc) is 2.73. The lowest BCUT2D eigenvalue weighted by Crippen LogP contribution is -2.23. The second-order valence-electron chi connectivity index (χ2n) is 6.85. The summed E-state index contributed by atoms with van der Waals surface area (Å²) in [7, 11) is 1.35. The van der Waals surface area contributed by atoms with Crippen molar-refractivity contribution in [2.24, 2.45) is 0 Å². The Morgan fingerprint density at radius 2 is 1.97 bits per heavy atom. The molecule has 1 heterocycles. The molecule has 0 N–H and O–H groups in total. The maximum absolute atomic E-state index is 13.3. The number of allylic oxidation sites excluding steroid dienone is 3. The van der Waals surface area contributed by atoms with Gasteiger partial charge in [0.25, 0.3) is 0 Å². The Morgan fingerprint density at radius 3 is 2.63 bits per heavy atom. The lowest BCUT2D eigenvalue weighted by molar-refractivity contribution is 0.0600. The Morgan fingerprint density at radius 1 is 1.20 bits per heavy atom. The molecule has 0 saturated carbocycles. The Balaban J connectivity index is 1.82. The van der Waals surface area contributed by atoms with Crippen LogP contribution < -0.4 is 4.90 Å². The van der Waals surface area contributed by atoms with Crippen LogP contribution in [-0.4, -0.2) is 13.1 Å². The van der Waals surface area contributed by atoms with Crippen LogP contribution in [-0.2, 0) is 16.1 Å². The molecule has 0 aliphatic carbocycles. The molecule has 0 fully saturated rings. The van der Waals surface area contributed by atoms with Crippen LogP contribution in [0.5, 0.6) is 0 Å². The molecular formula is C24H21FN2O3. The highest BCUT2D eigenvalue weighted by atomic mass is 19.1. The molecule has 1 aliphatic heterocycles. The van der Waals surface area contributed by atoms with Crippen molar-refractivity contribution in [3.8, 4) is 6.07 Å². The Bertz CT molecular complexity index is 1130. The van der Waals surface area contributed by atoms with Crippen molar-refractivity contribution in [1.82, 2.24) is 0 Å². The normalized spacial score (nSPS) is 13.3. The summed E-state index contributed by atoms with van der Waals surface area (Å²) in [5.74, 6) is -0.298. The quantitative estimate of drug-likeness (QED) is 0.647. The molecule has 0 bridgehead atoms. The summed E-state index contributed by atoms with van der Waals surface area (Å²) in [6.07, 6.45) is 3.61. The van der Waals surface area contributed by atoms with Crippen LogP contribution in [0.15, 0.2) is 72.3 Å². The van der Waals surface area contributed by atoms with E-state index in [1.165, 1.54) is 25.3 Å². The third-order valence-corrected chi connectivity index (χ3v) is 4.76. The van der Waals surface area contributed by atoms with Gasteiger partial charge in [0.05, 0.1) is 24.3 Å². The van der Waals surface area contributed by atoms with E-state index in [1.54, 1.807) is 18.2 Å². The van der Waals surface area contributed by atoms with Crippen LogP contribution in [0, 0.1) is 24.1 Å². The standard InChI is InChI=1S/C24H21FN2O3/c1-15-5-6-18(24(28)29-4)12-23(15)27-16(2)9-22(10-17(27)3)30-14-19-7-8-21(25)11-20(19)13-26/h5-12H,2,14H2,1,3-4H3. The molecule has 6 heteroatoms. The minimum Gasteiger partial charge on any atom is -0.489 e. The predicted molar refractivity (Wildman–Crippen MR) is 112 cm³/mol. The number of halogens is 1. The molecule has 0 unspecified atom stereocenters. The van der Waals surface area contributed by atoms with Gasteiger partial charge in [-0.1, -0.05) is 18.7 Å². The predicted octanol–water partition coefficient (Wildman–Crippen LogP) is 5.13. The van der Waals surface area contributed by atoms with Crippen LogP contribution in [0.4, 0.5) is 10.1 Å². The van der Waals surface area contributed by atoms with Crippen LogP contribution >= 0.6 is 0 Å². The number of anilines is 1. The summed E-state index contributed by atoms with van der Waals surface area (Å²) in [4.78, 5) is 13.8. The molecule has 30 heavy (non-hydrogen) atoms. The van der Waals surface area contributed by atoms with Gasteiger partial charge in [0.2, 0.25) is 0 Å². The fourth-order valence-corrected chi connectivity index (χ4v) is 3.23. The highest BCUT2D eigenvalue weighted by Gasteiger charge is 2.20. The number of rotatable bonds is 5. The highest BCUT2D eigenvalue weighted by Crippen LogP contribution is 2.33. The molecule has 1 aliphatic rings. The highest BCUT2D eigenvalue weighted by molar-refractivity contribution is 5.91. The molecule has 0 aromatic heterocycles. The number of hydrogen-bond acceptors (Lipinski definition) is 5. The van der Waals surface area contributed by atoms with Crippen molar-refractivity contribution >= 4 is 11.7 Å². The number of benzene rings is 2. The first-order valence-corrected chi connectivity index (χ1v) is 9.23. The number of esters is 1. The number of nitriles is 1. The maximum Gasteiger partial charge on any atom is 0.337 e. The molecule has 152 valence electrons. The molecule has 0 atom stereocenters. The smallest absolute Gasteiger partial charge is 0.337 e. The van der Waals surface area contributed by atoms with E-state index in [4.69, 9.17) is 9.47 Å². The van der Waals surface area contributed by atoms with E-state index in [9.17, 15) is 14.4 Å². The summed E-state index contributed by atoms with van der Waals surface area (Å²) < 4.78 is 24.0. The second kappa shape index (κ2) is 8.66. The van der Waals surface area contributed by atoms with Gasteiger partial charge in [-0.05, 0) is 49.8 Å². The van der Waals surface area contributed by atoms with Gasteiger partial charge in [-0.25, -0.2) is 9.18 Å². The van der Waals surface area contributed by atoms with E-state index in [0.717, 1.165) is 16.9 Å². The van der Waals surface area contributed by atoms with E-state index in [-0.39, 0.29) is 12.2 Å². The maximum atomic E-state index is 13.3. The molecule has 0 radical (unpaired) electrons. The molecular weight excluding hydrogens is 383 g/mol. The topological polar surface area (TPSA) is 62.6 Å². The van der Waals surface area contributed by atoms with E-state index in [0.29, 0.717) is 22.6 Å². The van der Waals surface area contributed by atoms with Crippen molar-refractivity contribution in [3.05, 3.63) is 100 Å². The Labute approximate surface area is 174 Å². The van der Waals surface area contributed by atoms with Gasteiger partial charge in [-0.15, -0.1) is 0 Å². The molecule has 2 aromatic rings. The number of carbonyl (C=O) groups is 1. The number of nitrogens with zero attached hydrogens (tertiary/aromatic N) is 2. The lowest BCUT2D eigenvalue weighted by Gasteiger charge is -2.31. The third kappa shape index (κ3) is 4.26. The summed E-state index contributed by atoms with van der Waals surface area (Å²) in [6.45, 7) is 8.10. The van der Waals surface area contributed by atoms with E-state index >= 15 is 0 Å². The Kier molecular flexibility index (Phi) is 6.03. The summed E-state index contributed by atoms with van der Waals surface area (Å²) >= 11 is 0. The number of carbonyl (C=O) groups excluding carboxylic acids is 1. The van der Waals surface area contributed by atoms with E-state index in [1.807, 2.05) is 37.0 Å². The average molecular weight is 404 g/mol. The van der Waals surface area contributed by atoms with Crippen molar-refractivity contribution in [1.29, 1.82) is 5.26 Å². The van der Waals surface area contributed by atoms with Crippen LogP contribution in [0.1, 0.15) is 34.0 Å². The molecule has 0 amide bonds. The van der Waals surface area contributed by atoms with Gasteiger partial charge in [0.1, 0.15) is 18.2 Å². The third-order valence-electron chi connectivity index (χ3n) is 4.76.